The van der Waals surface area contributed by atoms with Crippen LogP contribution in [-0.2, 0) is 4.74 Å². The van der Waals surface area contributed by atoms with E-state index in [0.717, 1.165) is 6.42 Å². The Balaban J connectivity index is 1.78. The predicted molar refractivity (Wildman–Crippen MR) is 100 cm³/mol. The van der Waals surface area contributed by atoms with Crippen molar-refractivity contribution >= 4 is 16.6 Å². The molecular formula is C19H18FN5O4. The third-order valence-electron chi connectivity index (χ3n) is 5.29. The van der Waals surface area contributed by atoms with E-state index in [1.54, 1.807) is 19.1 Å². The summed E-state index contributed by atoms with van der Waals surface area (Å²) in [5.74, 6) is 0.0891. The van der Waals surface area contributed by atoms with Gasteiger partial charge in [-0.05, 0) is 25.5 Å². The number of aliphatic hydroxyl groups is 1. The van der Waals surface area contributed by atoms with Gasteiger partial charge in [0.25, 0.3) is 5.56 Å². The van der Waals surface area contributed by atoms with E-state index in [-0.39, 0.29) is 35.1 Å². The zero-order valence-electron chi connectivity index (χ0n) is 15.6. The number of halogens is 1. The minimum atomic E-state index is -0.633. The molecule has 0 saturated carbocycles. The quantitative estimate of drug-likeness (QED) is 0.558. The lowest BCUT2D eigenvalue weighted by molar-refractivity contribution is 0.189. The topological polar surface area (TPSA) is 108 Å². The molecule has 1 saturated heterocycles. The van der Waals surface area contributed by atoms with E-state index < -0.39 is 17.4 Å². The molecular weight excluding hydrogens is 381 g/mol. The number of hydrogen-bond acceptors (Lipinski definition) is 7. The van der Waals surface area contributed by atoms with Crippen LogP contribution in [0.25, 0.3) is 28.1 Å². The lowest BCUT2D eigenvalue weighted by Crippen LogP contribution is -2.28. The second-order valence-corrected chi connectivity index (χ2v) is 7.14. The molecule has 0 radical (unpaired) electrons. The zero-order chi connectivity index (χ0) is 20.1. The Morgan fingerprint density at radius 1 is 1.38 bits per heavy atom. The SMILES string of the molecule is CC(CO)n1c(=O)c2c(-c3noc(C4CCOC4)n3)ncn2c2cccc(F)c21. The first-order chi connectivity index (χ1) is 14.1. The number of imidazole rings is 1. The molecule has 1 N–H and O–H groups in total. The maximum absolute atomic E-state index is 14.6. The summed E-state index contributed by atoms with van der Waals surface area (Å²) >= 11 is 0. The van der Waals surface area contributed by atoms with Gasteiger partial charge < -0.3 is 14.4 Å². The smallest absolute Gasteiger partial charge is 0.278 e. The highest BCUT2D eigenvalue weighted by Crippen LogP contribution is 2.28. The largest absolute Gasteiger partial charge is 0.394 e. The van der Waals surface area contributed by atoms with Gasteiger partial charge >= 0.3 is 0 Å². The summed E-state index contributed by atoms with van der Waals surface area (Å²) in [6.07, 6.45) is 2.23. The van der Waals surface area contributed by atoms with Gasteiger partial charge in [0.1, 0.15) is 28.9 Å². The summed E-state index contributed by atoms with van der Waals surface area (Å²) < 4.78 is 28.1. The van der Waals surface area contributed by atoms with Gasteiger partial charge in [0.15, 0.2) is 0 Å². The minimum absolute atomic E-state index is 0.0196. The second kappa shape index (κ2) is 6.75. The highest BCUT2D eigenvalue weighted by Gasteiger charge is 2.27. The monoisotopic (exact) mass is 399 g/mol. The summed E-state index contributed by atoms with van der Waals surface area (Å²) in [6, 6.07) is 3.89. The van der Waals surface area contributed by atoms with E-state index in [2.05, 4.69) is 15.1 Å². The fourth-order valence-electron chi connectivity index (χ4n) is 3.78. The Morgan fingerprint density at radius 3 is 3.00 bits per heavy atom. The Morgan fingerprint density at radius 2 is 2.24 bits per heavy atom. The molecule has 1 aliphatic heterocycles. The molecule has 0 spiro atoms. The third-order valence-corrected chi connectivity index (χ3v) is 5.29. The van der Waals surface area contributed by atoms with E-state index in [1.165, 1.54) is 21.4 Å². The van der Waals surface area contributed by atoms with Crippen LogP contribution in [0.4, 0.5) is 4.39 Å². The van der Waals surface area contributed by atoms with E-state index in [0.29, 0.717) is 24.6 Å². The molecule has 1 fully saturated rings. The van der Waals surface area contributed by atoms with Crippen molar-refractivity contribution in [1.29, 1.82) is 0 Å². The number of rotatable bonds is 4. The lowest BCUT2D eigenvalue weighted by Gasteiger charge is -2.17. The molecule has 150 valence electrons. The summed E-state index contributed by atoms with van der Waals surface area (Å²) in [6.45, 7) is 2.47. The van der Waals surface area contributed by atoms with Crippen LogP contribution in [-0.4, -0.2) is 49.0 Å². The third kappa shape index (κ3) is 2.67. The lowest BCUT2D eigenvalue weighted by atomic mass is 10.1. The van der Waals surface area contributed by atoms with Crippen molar-refractivity contribution < 1.29 is 18.8 Å². The Hall–Kier alpha value is -3.11. The van der Waals surface area contributed by atoms with Crippen LogP contribution in [0, 0.1) is 5.82 Å². The maximum Gasteiger partial charge on any atom is 0.278 e. The molecule has 10 heteroatoms. The van der Waals surface area contributed by atoms with Crippen molar-refractivity contribution in [2.45, 2.75) is 25.3 Å². The standard InChI is InChI=1S/C19H18FN5O4/c1-10(7-26)25-15-12(20)3-2-4-13(15)24-9-21-14(16(24)19(25)27)17-22-18(29-23-17)11-5-6-28-8-11/h2-4,9-11,26H,5-8H2,1H3. The molecule has 29 heavy (non-hydrogen) atoms. The number of fused-ring (bicyclic) bond motifs is 3. The number of benzene rings is 1. The average Bonchev–Trinajstić information content (AvgIpc) is 3.47. The van der Waals surface area contributed by atoms with Crippen molar-refractivity contribution in [2.24, 2.45) is 0 Å². The van der Waals surface area contributed by atoms with Crippen molar-refractivity contribution in [3.8, 4) is 11.5 Å². The minimum Gasteiger partial charge on any atom is -0.394 e. The summed E-state index contributed by atoms with van der Waals surface area (Å²) in [4.78, 5) is 22.1. The number of aliphatic hydroxyl groups excluding tert-OH is 1. The normalized spacial score (nSPS) is 18.1. The summed E-state index contributed by atoms with van der Waals surface area (Å²) in [7, 11) is 0. The molecule has 0 aliphatic carbocycles. The molecule has 4 aromatic rings. The molecule has 0 bridgehead atoms. The molecule has 4 heterocycles. The van der Waals surface area contributed by atoms with Crippen molar-refractivity contribution in [3.05, 3.63) is 46.6 Å². The van der Waals surface area contributed by atoms with Gasteiger partial charge in [0, 0.05) is 6.61 Å². The maximum atomic E-state index is 14.6. The average molecular weight is 399 g/mol. The number of ether oxygens (including phenoxy) is 1. The zero-order valence-corrected chi connectivity index (χ0v) is 15.6. The first-order valence-corrected chi connectivity index (χ1v) is 9.32. The van der Waals surface area contributed by atoms with E-state index in [4.69, 9.17) is 9.26 Å². The van der Waals surface area contributed by atoms with Gasteiger partial charge in [-0.1, -0.05) is 11.2 Å². The first-order valence-electron chi connectivity index (χ1n) is 9.32. The number of para-hydroxylation sites is 1. The molecule has 0 amide bonds. The van der Waals surface area contributed by atoms with Crippen LogP contribution >= 0.6 is 0 Å². The van der Waals surface area contributed by atoms with E-state index in [1.807, 2.05) is 0 Å². The van der Waals surface area contributed by atoms with E-state index >= 15 is 0 Å². The first kappa shape index (κ1) is 18.0. The highest BCUT2D eigenvalue weighted by atomic mass is 19.1. The molecule has 3 aromatic heterocycles. The van der Waals surface area contributed by atoms with Gasteiger partial charge in [-0.15, -0.1) is 0 Å². The highest BCUT2D eigenvalue weighted by molar-refractivity contribution is 5.84. The molecule has 5 rings (SSSR count). The van der Waals surface area contributed by atoms with Crippen LogP contribution in [0.1, 0.15) is 31.2 Å². The van der Waals surface area contributed by atoms with Crippen molar-refractivity contribution in [3.63, 3.8) is 0 Å². The number of nitrogens with zero attached hydrogens (tertiary/aromatic N) is 5. The fraction of sp³-hybridized carbons (Fsp3) is 0.368. The fourth-order valence-corrected chi connectivity index (χ4v) is 3.78. The van der Waals surface area contributed by atoms with E-state index in [9.17, 15) is 14.3 Å². The molecule has 2 unspecified atom stereocenters. The van der Waals surface area contributed by atoms with Crippen LogP contribution < -0.4 is 5.56 Å². The summed E-state index contributed by atoms with van der Waals surface area (Å²) in [5.41, 5.74) is 0.499. The second-order valence-electron chi connectivity index (χ2n) is 7.14. The Labute approximate surface area is 163 Å². The van der Waals surface area contributed by atoms with Crippen molar-refractivity contribution in [2.75, 3.05) is 19.8 Å². The van der Waals surface area contributed by atoms with Crippen LogP contribution in [0.3, 0.4) is 0 Å². The Kier molecular flexibility index (Phi) is 4.18. The number of aromatic nitrogens is 5. The Bertz CT molecular complexity index is 1270. The molecule has 9 nitrogen and oxygen atoms in total. The van der Waals surface area contributed by atoms with Crippen molar-refractivity contribution in [1.82, 2.24) is 24.1 Å². The van der Waals surface area contributed by atoms with Gasteiger partial charge in [-0.3, -0.25) is 13.8 Å². The summed E-state index contributed by atoms with van der Waals surface area (Å²) in [5, 5.41) is 13.6. The predicted octanol–water partition coefficient (Wildman–Crippen LogP) is 1.90. The van der Waals surface area contributed by atoms with Crippen LogP contribution in [0.15, 0.2) is 33.8 Å². The van der Waals surface area contributed by atoms with Gasteiger partial charge in [-0.25, -0.2) is 9.37 Å². The van der Waals surface area contributed by atoms with Gasteiger partial charge in [-0.2, -0.15) is 4.98 Å². The molecule has 1 aliphatic rings. The van der Waals surface area contributed by atoms with Gasteiger partial charge in [0.05, 0.1) is 30.7 Å². The van der Waals surface area contributed by atoms with Crippen LogP contribution in [0.2, 0.25) is 0 Å². The van der Waals surface area contributed by atoms with Crippen LogP contribution in [0.5, 0.6) is 0 Å². The number of hydrogen-bond donors (Lipinski definition) is 1. The van der Waals surface area contributed by atoms with Gasteiger partial charge in [0.2, 0.25) is 11.7 Å². The molecule has 1 aromatic carbocycles. The molecule has 2 atom stereocenters.